The van der Waals surface area contributed by atoms with Crippen molar-refractivity contribution in [1.82, 2.24) is 0 Å². The minimum absolute atomic E-state index is 0.00773. The van der Waals surface area contributed by atoms with Crippen LogP contribution >= 0.6 is 0 Å². The van der Waals surface area contributed by atoms with Crippen LogP contribution in [0.15, 0.2) is 23.3 Å². The van der Waals surface area contributed by atoms with Gasteiger partial charge in [-0.1, -0.05) is 44.1 Å². The molecule has 120 valence electrons. The molecule has 1 aliphatic carbocycles. The molecule has 3 atom stereocenters. The molecule has 0 fully saturated rings. The van der Waals surface area contributed by atoms with E-state index in [1.807, 2.05) is 20.8 Å². The van der Waals surface area contributed by atoms with E-state index in [2.05, 4.69) is 27.4 Å². The minimum atomic E-state index is -0.0949. The van der Waals surface area contributed by atoms with Crippen molar-refractivity contribution in [3.05, 3.63) is 23.3 Å². The number of carbonyl (C=O) groups excluding carboxylic acids is 1. The minimum Gasteiger partial charge on any atom is -0.462 e. The average molecular weight is 292 g/mol. The van der Waals surface area contributed by atoms with Crippen LogP contribution in [-0.2, 0) is 9.53 Å². The molecule has 0 unspecified atom stereocenters. The van der Waals surface area contributed by atoms with Crippen LogP contribution in [0.5, 0.6) is 0 Å². The first-order valence-electron chi connectivity index (χ1n) is 8.33. The van der Waals surface area contributed by atoms with Crippen molar-refractivity contribution in [1.29, 1.82) is 0 Å². The zero-order valence-corrected chi connectivity index (χ0v) is 14.7. The predicted octanol–water partition coefficient (Wildman–Crippen LogP) is 5.29. The van der Waals surface area contributed by atoms with Crippen molar-refractivity contribution >= 4 is 5.97 Å². The van der Waals surface area contributed by atoms with E-state index in [0.717, 1.165) is 12.8 Å². The van der Waals surface area contributed by atoms with Crippen LogP contribution in [0.2, 0.25) is 0 Å². The van der Waals surface area contributed by atoms with Gasteiger partial charge in [0.2, 0.25) is 0 Å². The Labute approximate surface area is 130 Å². The first kappa shape index (κ1) is 18.0. The average Bonchev–Trinajstić information content (AvgIpc) is 2.72. The van der Waals surface area contributed by atoms with E-state index in [1.54, 1.807) is 11.1 Å². The molecular formula is C19H32O2. The van der Waals surface area contributed by atoms with Gasteiger partial charge in [0.25, 0.3) is 0 Å². The van der Waals surface area contributed by atoms with Crippen LogP contribution in [0.3, 0.4) is 0 Å². The van der Waals surface area contributed by atoms with E-state index in [-0.39, 0.29) is 18.0 Å². The fourth-order valence-corrected chi connectivity index (χ4v) is 3.24. The third kappa shape index (κ3) is 4.72. The number of allylic oxidation sites excluding steroid dienone is 3. The van der Waals surface area contributed by atoms with Crippen molar-refractivity contribution < 1.29 is 9.53 Å². The molecule has 1 aliphatic rings. The van der Waals surface area contributed by atoms with Crippen molar-refractivity contribution in [3.8, 4) is 0 Å². The first-order chi connectivity index (χ1) is 9.77. The lowest BCUT2D eigenvalue weighted by Gasteiger charge is -2.19. The lowest BCUT2D eigenvalue weighted by Crippen LogP contribution is -2.19. The van der Waals surface area contributed by atoms with Crippen molar-refractivity contribution in [3.63, 3.8) is 0 Å². The molecule has 0 aromatic carbocycles. The Morgan fingerprint density at radius 2 is 2.00 bits per heavy atom. The fraction of sp³-hybridized carbons (Fsp3) is 0.737. The molecule has 0 bridgehead atoms. The maximum atomic E-state index is 11.6. The molecule has 0 aliphatic heterocycles. The Morgan fingerprint density at radius 1 is 1.38 bits per heavy atom. The molecule has 2 nitrogen and oxygen atoms in total. The molecular weight excluding hydrogens is 260 g/mol. The van der Waals surface area contributed by atoms with E-state index in [9.17, 15) is 4.79 Å². The second-order valence-corrected chi connectivity index (χ2v) is 6.89. The summed E-state index contributed by atoms with van der Waals surface area (Å²) < 4.78 is 5.47. The zero-order valence-electron chi connectivity index (χ0n) is 14.7. The fourth-order valence-electron chi connectivity index (χ4n) is 3.24. The molecule has 0 aromatic rings. The maximum absolute atomic E-state index is 11.6. The van der Waals surface area contributed by atoms with Crippen LogP contribution in [-0.4, -0.2) is 12.1 Å². The number of hydrogen-bond acceptors (Lipinski definition) is 2. The molecule has 21 heavy (non-hydrogen) atoms. The summed E-state index contributed by atoms with van der Waals surface area (Å²) in [6.07, 6.45) is 4.34. The Morgan fingerprint density at radius 3 is 2.48 bits per heavy atom. The van der Waals surface area contributed by atoms with Crippen LogP contribution in [0.4, 0.5) is 0 Å². The largest absolute Gasteiger partial charge is 0.462 e. The highest BCUT2D eigenvalue weighted by molar-refractivity contribution is 5.71. The van der Waals surface area contributed by atoms with E-state index in [0.29, 0.717) is 11.8 Å². The Kier molecular flexibility index (Phi) is 6.70. The monoisotopic (exact) mass is 292 g/mol. The summed E-state index contributed by atoms with van der Waals surface area (Å²) in [6, 6.07) is 0. The third-order valence-electron chi connectivity index (χ3n) is 4.76. The number of ether oxygens (including phenoxy) is 1. The van der Waals surface area contributed by atoms with Crippen LogP contribution in [0.1, 0.15) is 67.2 Å². The molecule has 2 heteroatoms. The van der Waals surface area contributed by atoms with E-state index in [4.69, 9.17) is 4.74 Å². The second kappa shape index (κ2) is 7.82. The summed E-state index contributed by atoms with van der Waals surface area (Å²) in [5, 5.41) is 0. The van der Waals surface area contributed by atoms with Gasteiger partial charge in [-0.15, -0.1) is 0 Å². The van der Waals surface area contributed by atoms with Crippen molar-refractivity contribution in [2.75, 3.05) is 0 Å². The van der Waals surface area contributed by atoms with Crippen LogP contribution in [0.25, 0.3) is 0 Å². The number of hydrogen-bond donors (Lipinski definition) is 0. The smallest absolute Gasteiger partial charge is 0.308 e. The second-order valence-electron chi connectivity index (χ2n) is 6.89. The molecule has 0 heterocycles. The molecule has 0 spiro atoms. The lowest BCUT2D eigenvalue weighted by molar-refractivity contribution is -0.152. The molecule has 0 amide bonds. The zero-order chi connectivity index (χ0) is 16.2. The highest BCUT2D eigenvalue weighted by atomic mass is 16.5. The van der Waals surface area contributed by atoms with Gasteiger partial charge in [0.05, 0.1) is 12.0 Å². The van der Waals surface area contributed by atoms with Crippen LogP contribution < -0.4 is 0 Å². The normalized spacial score (nSPS) is 23.6. The highest BCUT2D eigenvalue weighted by Crippen LogP contribution is 2.43. The van der Waals surface area contributed by atoms with Gasteiger partial charge >= 0.3 is 5.97 Å². The number of carbonyl (C=O) groups is 1. The summed E-state index contributed by atoms with van der Waals surface area (Å²) in [5.41, 5.74) is 4.36. The summed E-state index contributed by atoms with van der Waals surface area (Å²) >= 11 is 0. The summed E-state index contributed by atoms with van der Waals surface area (Å²) in [5.74, 6) is 1.09. The first-order valence-corrected chi connectivity index (χ1v) is 8.33. The predicted molar refractivity (Wildman–Crippen MR) is 89.0 cm³/mol. The van der Waals surface area contributed by atoms with Gasteiger partial charge in [-0.3, -0.25) is 4.79 Å². The van der Waals surface area contributed by atoms with Gasteiger partial charge < -0.3 is 4.74 Å². The highest BCUT2D eigenvalue weighted by Gasteiger charge is 2.30. The number of esters is 1. The Bertz CT molecular complexity index is 417. The number of rotatable bonds is 7. The van der Waals surface area contributed by atoms with Gasteiger partial charge in [-0.05, 0) is 52.4 Å². The molecule has 0 N–H and O–H groups in total. The van der Waals surface area contributed by atoms with Crippen molar-refractivity contribution in [2.45, 2.75) is 73.3 Å². The maximum Gasteiger partial charge on any atom is 0.308 e. The van der Waals surface area contributed by atoms with E-state index < -0.39 is 0 Å². The lowest BCUT2D eigenvalue weighted by atomic mass is 9.90. The van der Waals surface area contributed by atoms with Gasteiger partial charge in [0.1, 0.15) is 0 Å². The Hall–Kier alpha value is -1.05. The summed E-state index contributed by atoms with van der Waals surface area (Å²) in [7, 11) is 0. The van der Waals surface area contributed by atoms with Gasteiger partial charge in [0.15, 0.2) is 0 Å². The van der Waals surface area contributed by atoms with E-state index >= 15 is 0 Å². The summed E-state index contributed by atoms with van der Waals surface area (Å²) in [4.78, 5) is 11.6. The van der Waals surface area contributed by atoms with E-state index in [1.165, 1.54) is 18.4 Å². The van der Waals surface area contributed by atoms with Gasteiger partial charge in [-0.2, -0.15) is 0 Å². The van der Waals surface area contributed by atoms with Crippen molar-refractivity contribution in [2.24, 2.45) is 17.8 Å². The van der Waals surface area contributed by atoms with Crippen LogP contribution in [0, 0.1) is 17.8 Å². The topological polar surface area (TPSA) is 26.3 Å². The summed E-state index contributed by atoms with van der Waals surface area (Å²) in [6.45, 7) is 16.6. The quantitative estimate of drug-likeness (QED) is 0.470. The molecule has 0 radical (unpaired) electrons. The standard InChI is InChI=1S/C19H32O2/c1-8-16-11-18(12(2)3)17(15(16)7)10-9-14(6)21-19(20)13(4)5/h13-14,16,18H,2,8-11H2,1,3-7H3/t14-,16-,18-/m1/s1. The molecule has 0 saturated carbocycles. The third-order valence-corrected chi connectivity index (χ3v) is 4.76. The molecule has 1 rings (SSSR count). The van der Waals surface area contributed by atoms with Gasteiger partial charge in [0, 0.05) is 5.92 Å². The van der Waals surface area contributed by atoms with Gasteiger partial charge in [-0.25, -0.2) is 0 Å². The molecule has 0 aromatic heterocycles. The Balaban J connectivity index is 2.64. The molecule has 0 saturated heterocycles. The SMILES string of the molecule is C=C(C)[C@H]1C[C@@H](CC)C(C)=C1CC[C@@H](C)OC(=O)C(C)C.